The number of hydrogen-bond donors (Lipinski definition) is 0. The van der Waals surface area contributed by atoms with E-state index in [1.807, 2.05) is 36.4 Å². The molecule has 2 aliphatic rings. The Morgan fingerprint density at radius 1 is 0.962 bits per heavy atom. The highest BCUT2D eigenvalue weighted by Crippen LogP contribution is 2.40. The standard InChI is InChI=1S/C23H26O3/c24-23-20(13-18-11-12-18)15-22(26-23)21(14-17-7-3-1-4-8-17)25-16-19-9-5-2-6-10-19/h1-10,18,20-22H,11-16H2/t20-,21?,22+/m1/s1. The fourth-order valence-corrected chi connectivity index (χ4v) is 3.77. The zero-order chi connectivity index (χ0) is 17.8. The molecule has 0 N–H and O–H groups in total. The maximum absolute atomic E-state index is 12.3. The molecule has 1 aliphatic carbocycles. The topological polar surface area (TPSA) is 35.5 Å². The molecule has 4 rings (SSSR count). The lowest BCUT2D eigenvalue weighted by Crippen LogP contribution is -2.31. The molecule has 3 nitrogen and oxygen atoms in total. The molecule has 1 saturated heterocycles. The van der Waals surface area contributed by atoms with Gasteiger partial charge in [0.2, 0.25) is 0 Å². The van der Waals surface area contributed by atoms with Gasteiger partial charge in [0.15, 0.2) is 0 Å². The van der Waals surface area contributed by atoms with Crippen molar-refractivity contribution >= 4 is 5.97 Å². The van der Waals surface area contributed by atoms with E-state index >= 15 is 0 Å². The molecule has 2 aromatic rings. The minimum Gasteiger partial charge on any atom is -0.459 e. The van der Waals surface area contributed by atoms with E-state index in [4.69, 9.17) is 9.47 Å². The van der Waals surface area contributed by atoms with Crippen molar-refractivity contribution in [2.24, 2.45) is 11.8 Å². The predicted molar refractivity (Wildman–Crippen MR) is 100 cm³/mol. The number of esters is 1. The van der Waals surface area contributed by atoms with Crippen LogP contribution in [-0.4, -0.2) is 18.2 Å². The summed E-state index contributed by atoms with van der Waals surface area (Å²) in [6.45, 7) is 0.541. The Kier molecular flexibility index (Phi) is 5.35. The van der Waals surface area contributed by atoms with Crippen LogP contribution in [0.2, 0.25) is 0 Å². The Morgan fingerprint density at radius 3 is 2.27 bits per heavy atom. The minimum atomic E-state index is -0.143. The Labute approximate surface area is 155 Å². The lowest BCUT2D eigenvalue weighted by Gasteiger charge is -2.23. The molecule has 3 atom stereocenters. The van der Waals surface area contributed by atoms with Crippen molar-refractivity contribution in [3.8, 4) is 0 Å². The van der Waals surface area contributed by atoms with Crippen molar-refractivity contribution in [2.75, 3.05) is 0 Å². The van der Waals surface area contributed by atoms with Crippen molar-refractivity contribution in [1.29, 1.82) is 0 Å². The molecule has 2 aromatic carbocycles. The van der Waals surface area contributed by atoms with E-state index in [2.05, 4.69) is 24.3 Å². The van der Waals surface area contributed by atoms with Gasteiger partial charge in [-0.3, -0.25) is 4.79 Å². The highest BCUT2D eigenvalue weighted by atomic mass is 16.6. The van der Waals surface area contributed by atoms with Gasteiger partial charge in [-0.2, -0.15) is 0 Å². The van der Waals surface area contributed by atoms with Gasteiger partial charge in [-0.15, -0.1) is 0 Å². The Bertz CT molecular complexity index is 709. The summed E-state index contributed by atoms with van der Waals surface area (Å²) >= 11 is 0. The monoisotopic (exact) mass is 350 g/mol. The molecule has 26 heavy (non-hydrogen) atoms. The van der Waals surface area contributed by atoms with Crippen molar-refractivity contribution in [1.82, 2.24) is 0 Å². The van der Waals surface area contributed by atoms with E-state index in [-0.39, 0.29) is 24.1 Å². The first kappa shape index (κ1) is 17.3. The van der Waals surface area contributed by atoms with Crippen LogP contribution in [0.3, 0.4) is 0 Å². The normalized spacial score (nSPS) is 23.6. The Morgan fingerprint density at radius 2 is 1.62 bits per heavy atom. The van der Waals surface area contributed by atoms with E-state index in [1.54, 1.807) is 0 Å². The van der Waals surface area contributed by atoms with Crippen LogP contribution < -0.4 is 0 Å². The zero-order valence-electron chi connectivity index (χ0n) is 15.1. The highest BCUT2D eigenvalue weighted by Gasteiger charge is 2.41. The maximum Gasteiger partial charge on any atom is 0.309 e. The van der Waals surface area contributed by atoms with Crippen LogP contribution in [-0.2, 0) is 27.3 Å². The molecule has 3 heteroatoms. The number of rotatable bonds is 8. The smallest absolute Gasteiger partial charge is 0.309 e. The van der Waals surface area contributed by atoms with Gasteiger partial charge in [0, 0.05) is 12.8 Å². The second kappa shape index (κ2) is 8.05. The average molecular weight is 350 g/mol. The molecule has 0 radical (unpaired) electrons. The van der Waals surface area contributed by atoms with Gasteiger partial charge in [0.05, 0.1) is 18.6 Å². The van der Waals surface area contributed by atoms with E-state index in [9.17, 15) is 4.79 Å². The van der Waals surface area contributed by atoms with E-state index in [1.165, 1.54) is 18.4 Å². The van der Waals surface area contributed by atoms with Gasteiger partial charge >= 0.3 is 5.97 Å². The minimum absolute atomic E-state index is 0.0247. The molecule has 1 unspecified atom stereocenters. The third-order valence-corrected chi connectivity index (χ3v) is 5.43. The molecule has 0 aromatic heterocycles. The number of benzene rings is 2. The van der Waals surface area contributed by atoms with Crippen molar-refractivity contribution in [3.05, 3.63) is 71.8 Å². The SMILES string of the molecule is O=C1O[C@H](C(Cc2ccccc2)OCc2ccccc2)C[C@H]1CC1CC1. The van der Waals surface area contributed by atoms with Crippen molar-refractivity contribution < 1.29 is 14.3 Å². The Hall–Kier alpha value is -2.13. The Balaban J connectivity index is 1.43. The third-order valence-electron chi connectivity index (χ3n) is 5.43. The zero-order valence-corrected chi connectivity index (χ0v) is 15.1. The summed E-state index contributed by atoms with van der Waals surface area (Å²) in [6, 6.07) is 20.5. The summed E-state index contributed by atoms with van der Waals surface area (Å²) in [5.41, 5.74) is 2.36. The first-order chi connectivity index (χ1) is 12.8. The largest absolute Gasteiger partial charge is 0.459 e. The lowest BCUT2D eigenvalue weighted by molar-refractivity contribution is -0.150. The van der Waals surface area contributed by atoms with Crippen LogP contribution >= 0.6 is 0 Å². The van der Waals surface area contributed by atoms with Crippen LogP contribution in [0.5, 0.6) is 0 Å². The number of carbonyl (C=O) groups excluding carboxylic acids is 1. The summed E-state index contributed by atoms with van der Waals surface area (Å²) in [4.78, 5) is 12.3. The molecule has 1 heterocycles. The molecular weight excluding hydrogens is 324 g/mol. The van der Waals surface area contributed by atoms with Crippen LogP contribution in [0.1, 0.15) is 36.8 Å². The van der Waals surface area contributed by atoms with Crippen LogP contribution in [0.15, 0.2) is 60.7 Å². The quantitative estimate of drug-likeness (QED) is 0.655. The summed E-state index contributed by atoms with van der Waals surface area (Å²) in [5.74, 6) is 0.776. The molecule has 1 saturated carbocycles. The van der Waals surface area contributed by atoms with Crippen molar-refractivity contribution in [3.63, 3.8) is 0 Å². The van der Waals surface area contributed by atoms with Gasteiger partial charge < -0.3 is 9.47 Å². The summed E-state index contributed by atoms with van der Waals surface area (Å²) < 4.78 is 12.0. The van der Waals surface area contributed by atoms with Gasteiger partial charge in [0.1, 0.15) is 6.10 Å². The van der Waals surface area contributed by atoms with Gasteiger partial charge in [-0.25, -0.2) is 0 Å². The van der Waals surface area contributed by atoms with Crippen LogP contribution in [0.25, 0.3) is 0 Å². The third kappa shape index (κ3) is 4.53. The van der Waals surface area contributed by atoms with Crippen LogP contribution in [0.4, 0.5) is 0 Å². The average Bonchev–Trinajstić information content (AvgIpc) is 3.42. The predicted octanol–water partition coefficient (Wildman–Crippen LogP) is 4.55. The van der Waals surface area contributed by atoms with Gasteiger partial charge in [0.25, 0.3) is 0 Å². The lowest BCUT2D eigenvalue weighted by atomic mass is 9.94. The van der Waals surface area contributed by atoms with Gasteiger partial charge in [-0.05, 0) is 23.5 Å². The summed E-state index contributed by atoms with van der Waals surface area (Å²) in [5, 5.41) is 0. The van der Waals surface area contributed by atoms with E-state index in [0.717, 1.165) is 30.7 Å². The number of cyclic esters (lactones) is 1. The molecule has 136 valence electrons. The van der Waals surface area contributed by atoms with Crippen molar-refractivity contribution in [2.45, 2.75) is 50.9 Å². The first-order valence-electron chi connectivity index (χ1n) is 9.68. The molecular formula is C23H26O3. The highest BCUT2D eigenvalue weighted by molar-refractivity contribution is 5.74. The molecule has 0 amide bonds. The number of carbonyl (C=O) groups is 1. The second-order valence-electron chi connectivity index (χ2n) is 7.61. The molecule has 1 aliphatic heterocycles. The second-order valence-corrected chi connectivity index (χ2v) is 7.61. The molecule has 2 fully saturated rings. The first-order valence-corrected chi connectivity index (χ1v) is 9.68. The number of hydrogen-bond acceptors (Lipinski definition) is 3. The summed E-state index contributed by atoms with van der Waals surface area (Å²) in [7, 11) is 0. The van der Waals surface area contributed by atoms with E-state index < -0.39 is 0 Å². The van der Waals surface area contributed by atoms with Crippen LogP contribution in [0, 0.1) is 11.8 Å². The maximum atomic E-state index is 12.3. The fourth-order valence-electron chi connectivity index (χ4n) is 3.77. The molecule has 0 spiro atoms. The van der Waals surface area contributed by atoms with E-state index in [0.29, 0.717) is 6.61 Å². The van der Waals surface area contributed by atoms with Gasteiger partial charge in [-0.1, -0.05) is 73.5 Å². The fraction of sp³-hybridized carbons (Fsp3) is 0.435. The summed E-state index contributed by atoms with van der Waals surface area (Å²) in [6.07, 6.45) is 4.84. The molecule has 0 bridgehead atoms. The number of ether oxygens (including phenoxy) is 2.